The highest BCUT2D eigenvalue weighted by molar-refractivity contribution is 7.89. The molecule has 1 fully saturated rings. The number of H-pyrrole nitrogens is 1. The van der Waals surface area contributed by atoms with Crippen molar-refractivity contribution < 1.29 is 13.5 Å². The Balaban J connectivity index is 1.96. The lowest BCUT2D eigenvalue weighted by molar-refractivity contribution is -0.0205. The predicted octanol–water partition coefficient (Wildman–Crippen LogP) is 1.62. The summed E-state index contributed by atoms with van der Waals surface area (Å²) < 4.78 is 26.4. The van der Waals surface area contributed by atoms with Crippen molar-refractivity contribution >= 4 is 10.0 Å². The fourth-order valence-electron chi connectivity index (χ4n) is 2.36. The summed E-state index contributed by atoms with van der Waals surface area (Å²) in [5.41, 5.74) is -0.676. The van der Waals surface area contributed by atoms with E-state index in [1.807, 2.05) is 0 Å². The Morgan fingerprint density at radius 3 is 2.47 bits per heavy atom. The maximum Gasteiger partial charge on any atom is 0.242 e. The number of nitrogens with one attached hydrogen (secondary N) is 2. The molecule has 0 aliphatic heterocycles. The average Bonchev–Trinajstić information content (AvgIpc) is 2.86. The van der Waals surface area contributed by atoms with Crippen LogP contribution in [0.4, 0.5) is 0 Å². The third-order valence-electron chi connectivity index (χ3n) is 4.01. The molecule has 1 heterocycles. The highest BCUT2D eigenvalue weighted by Crippen LogP contribution is 2.39. The number of rotatable bonds is 4. The lowest BCUT2D eigenvalue weighted by atomic mass is 9.71. The number of aromatic nitrogens is 1. The smallest absolute Gasteiger partial charge is 0.242 e. The standard InChI is InChI=1S/C13H22N2O3S/c1-12(2)4-6-13(16,7-5-12)10-15-19(17,18)11-3-8-14-9-11/h3,8-9,14-16H,4-7,10H2,1-2H3. The Bertz CT molecular complexity index is 510. The van der Waals surface area contributed by atoms with Crippen LogP contribution in [0.2, 0.25) is 0 Å². The molecule has 0 bridgehead atoms. The van der Waals surface area contributed by atoms with Gasteiger partial charge in [0.2, 0.25) is 10.0 Å². The quantitative estimate of drug-likeness (QED) is 0.786. The SMILES string of the molecule is CC1(C)CCC(O)(CNS(=O)(=O)c2cc[nH]c2)CC1. The van der Waals surface area contributed by atoms with E-state index in [-0.39, 0.29) is 16.9 Å². The summed E-state index contributed by atoms with van der Waals surface area (Å²) in [6, 6.07) is 1.50. The number of hydrogen-bond acceptors (Lipinski definition) is 3. The third kappa shape index (κ3) is 3.58. The van der Waals surface area contributed by atoms with Gasteiger partial charge in [0.15, 0.2) is 0 Å². The van der Waals surface area contributed by atoms with E-state index in [2.05, 4.69) is 23.6 Å². The zero-order chi connectivity index (χ0) is 14.1. The van der Waals surface area contributed by atoms with Crippen molar-refractivity contribution in [2.45, 2.75) is 50.0 Å². The Morgan fingerprint density at radius 1 is 1.32 bits per heavy atom. The van der Waals surface area contributed by atoms with Crippen molar-refractivity contribution in [3.8, 4) is 0 Å². The first-order chi connectivity index (χ1) is 8.73. The molecule has 3 N–H and O–H groups in total. The van der Waals surface area contributed by atoms with Gasteiger partial charge in [-0.1, -0.05) is 13.8 Å². The van der Waals surface area contributed by atoms with Crippen LogP contribution in [0.25, 0.3) is 0 Å². The molecule has 1 aromatic rings. The van der Waals surface area contributed by atoms with E-state index in [0.29, 0.717) is 12.8 Å². The molecule has 0 aromatic carbocycles. The molecule has 1 aliphatic rings. The molecular weight excluding hydrogens is 264 g/mol. The molecule has 5 nitrogen and oxygen atoms in total. The molecule has 0 radical (unpaired) electrons. The zero-order valence-electron chi connectivity index (χ0n) is 11.4. The molecule has 108 valence electrons. The summed E-state index contributed by atoms with van der Waals surface area (Å²) in [6.07, 6.45) is 6.08. The van der Waals surface area contributed by atoms with Gasteiger partial charge >= 0.3 is 0 Å². The first-order valence-corrected chi connectivity index (χ1v) is 8.06. The van der Waals surface area contributed by atoms with E-state index in [1.54, 1.807) is 6.20 Å². The van der Waals surface area contributed by atoms with Crippen LogP contribution in [0, 0.1) is 5.41 Å². The second-order valence-electron chi connectivity index (χ2n) is 6.26. The zero-order valence-corrected chi connectivity index (χ0v) is 12.3. The molecule has 19 heavy (non-hydrogen) atoms. The highest BCUT2D eigenvalue weighted by Gasteiger charge is 2.37. The summed E-state index contributed by atoms with van der Waals surface area (Å²) >= 11 is 0. The number of aromatic amines is 1. The number of aliphatic hydroxyl groups is 1. The molecule has 0 amide bonds. The van der Waals surface area contributed by atoms with Gasteiger partial charge in [-0.3, -0.25) is 0 Å². The summed E-state index contributed by atoms with van der Waals surface area (Å²) in [7, 11) is -3.52. The van der Waals surface area contributed by atoms with Gasteiger partial charge in [0.05, 0.1) is 10.5 Å². The average molecular weight is 286 g/mol. The van der Waals surface area contributed by atoms with Crippen LogP contribution in [-0.4, -0.2) is 30.7 Å². The molecule has 0 spiro atoms. The Hall–Kier alpha value is -0.850. The van der Waals surface area contributed by atoms with E-state index < -0.39 is 15.6 Å². The van der Waals surface area contributed by atoms with E-state index in [0.717, 1.165) is 12.8 Å². The summed E-state index contributed by atoms with van der Waals surface area (Å²) in [6.45, 7) is 4.43. The first-order valence-electron chi connectivity index (χ1n) is 6.57. The third-order valence-corrected chi connectivity index (χ3v) is 5.40. The fraction of sp³-hybridized carbons (Fsp3) is 0.692. The van der Waals surface area contributed by atoms with E-state index in [4.69, 9.17) is 0 Å². The monoisotopic (exact) mass is 286 g/mol. The molecular formula is C13H22N2O3S. The summed E-state index contributed by atoms with van der Waals surface area (Å²) in [5.74, 6) is 0. The maximum atomic E-state index is 12.0. The minimum Gasteiger partial charge on any atom is -0.389 e. The largest absolute Gasteiger partial charge is 0.389 e. The van der Waals surface area contributed by atoms with Crippen LogP contribution < -0.4 is 4.72 Å². The van der Waals surface area contributed by atoms with Crippen molar-refractivity contribution in [2.24, 2.45) is 5.41 Å². The fourth-order valence-corrected chi connectivity index (χ4v) is 3.45. The Kier molecular flexibility index (Phi) is 3.77. The molecule has 2 rings (SSSR count). The van der Waals surface area contributed by atoms with Crippen molar-refractivity contribution in [3.05, 3.63) is 18.5 Å². The molecule has 1 aromatic heterocycles. The second kappa shape index (κ2) is 4.92. The molecule has 0 atom stereocenters. The highest BCUT2D eigenvalue weighted by atomic mass is 32.2. The number of hydrogen-bond donors (Lipinski definition) is 3. The van der Waals surface area contributed by atoms with Crippen LogP contribution in [0.1, 0.15) is 39.5 Å². The molecule has 1 saturated carbocycles. The van der Waals surface area contributed by atoms with Gasteiger partial charge in [-0.2, -0.15) is 0 Å². The number of sulfonamides is 1. The maximum absolute atomic E-state index is 12.0. The molecule has 1 aliphatic carbocycles. The van der Waals surface area contributed by atoms with Gasteiger partial charge in [-0.05, 0) is 37.2 Å². The summed E-state index contributed by atoms with van der Waals surface area (Å²) in [4.78, 5) is 2.91. The topological polar surface area (TPSA) is 82.2 Å². The first kappa shape index (κ1) is 14.6. The van der Waals surface area contributed by atoms with Gasteiger partial charge < -0.3 is 10.1 Å². The van der Waals surface area contributed by atoms with Crippen LogP contribution >= 0.6 is 0 Å². The van der Waals surface area contributed by atoms with Crippen LogP contribution in [0.5, 0.6) is 0 Å². The minimum absolute atomic E-state index is 0.0800. The van der Waals surface area contributed by atoms with Gasteiger partial charge in [0.25, 0.3) is 0 Å². The van der Waals surface area contributed by atoms with Crippen molar-refractivity contribution in [2.75, 3.05) is 6.54 Å². The van der Waals surface area contributed by atoms with Gasteiger partial charge in [0.1, 0.15) is 0 Å². The van der Waals surface area contributed by atoms with Crippen molar-refractivity contribution in [1.29, 1.82) is 0 Å². The van der Waals surface area contributed by atoms with Crippen LogP contribution in [0.3, 0.4) is 0 Å². The van der Waals surface area contributed by atoms with Crippen LogP contribution in [-0.2, 0) is 10.0 Å². The van der Waals surface area contributed by atoms with Gasteiger partial charge in [0, 0.05) is 18.9 Å². The lowest BCUT2D eigenvalue weighted by Crippen LogP contribution is -2.46. The van der Waals surface area contributed by atoms with Gasteiger partial charge in [-0.25, -0.2) is 13.1 Å². The normalized spacial score (nSPS) is 22.3. The predicted molar refractivity (Wildman–Crippen MR) is 73.2 cm³/mol. The minimum atomic E-state index is -3.52. The van der Waals surface area contributed by atoms with Crippen LogP contribution in [0.15, 0.2) is 23.4 Å². The molecule has 0 unspecified atom stereocenters. The van der Waals surface area contributed by atoms with Crippen molar-refractivity contribution in [1.82, 2.24) is 9.71 Å². The van der Waals surface area contributed by atoms with E-state index >= 15 is 0 Å². The van der Waals surface area contributed by atoms with E-state index in [9.17, 15) is 13.5 Å². The Morgan fingerprint density at radius 2 is 1.95 bits per heavy atom. The molecule has 6 heteroatoms. The lowest BCUT2D eigenvalue weighted by Gasteiger charge is -2.40. The van der Waals surface area contributed by atoms with Crippen molar-refractivity contribution in [3.63, 3.8) is 0 Å². The van der Waals surface area contributed by atoms with Gasteiger partial charge in [-0.15, -0.1) is 0 Å². The summed E-state index contributed by atoms with van der Waals surface area (Å²) in [5, 5.41) is 10.4. The van der Waals surface area contributed by atoms with E-state index in [1.165, 1.54) is 12.3 Å². The Labute approximate surface area is 114 Å². The molecule has 0 saturated heterocycles. The second-order valence-corrected chi connectivity index (χ2v) is 8.03.